The SMILES string of the molecule is CC(C)(Br)C1=CC=C1. The van der Waals surface area contributed by atoms with E-state index >= 15 is 0 Å². The van der Waals surface area contributed by atoms with Crippen molar-refractivity contribution in [3.05, 3.63) is 23.8 Å². The van der Waals surface area contributed by atoms with E-state index in [2.05, 4.69) is 48.0 Å². The summed E-state index contributed by atoms with van der Waals surface area (Å²) in [7, 11) is 0. The van der Waals surface area contributed by atoms with Gasteiger partial charge in [0.15, 0.2) is 0 Å². The predicted molar refractivity (Wildman–Crippen MR) is 40.2 cm³/mol. The Balaban J connectivity index is 2.61. The van der Waals surface area contributed by atoms with Crippen molar-refractivity contribution < 1.29 is 0 Å². The molecule has 0 N–H and O–H groups in total. The molecule has 0 heterocycles. The Hall–Kier alpha value is -0.0400. The maximum atomic E-state index is 3.54. The highest BCUT2D eigenvalue weighted by Gasteiger charge is 2.18. The average Bonchev–Trinajstić information content (AvgIpc) is 1.16. The lowest BCUT2D eigenvalue weighted by Crippen LogP contribution is -2.13. The molecule has 0 atom stereocenters. The quantitative estimate of drug-likeness (QED) is 0.534. The second-order valence-corrected chi connectivity index (χ2v) is 4.44. The third-order valence-corrected chi connectivity index (χ3v) is 1.70. The molecule has 44 valence electrons. The molecule has 0 aromatic carbocycles. The minimum absolute atomic E-state index is 0.182. The molecule has 0 unspecified atom stereocenters. The molecule has 0 saturated carbocycles. The molecule has 1 aliphatic rings. The number of halogens is 1. The predicted octanol–water partition coefficient (Wildman–Crippen LogP) is 2.66. The van der Waals surface area contributed by atoms with E-state index in [0.717, 1.165) is 0 Å². The van der Waals surface area contributed by atoms with Gasteiger partial charge in [0.05, 0.1) is 0 Å². The Bertz CT molecular complexity index is 146. The van der Waals surface area contributed by atoms with Gasteiger partial charge in [0.25, 0.3) is 0 Å². The summed E-state index contributed by atoms with van der Waals surface area (Å²) in [5, 5.41) is 0. The summed E-state index contributed by atoms with van der Waals surface area (Å²) in [6.07, 6.45) is 6.29. The van der Waals surface area contributed by atoms with E-state index in [1.54, 1.807) is 0 Å². The maximum Gasteiger partial charge on any atom is 0.0449 e. The average molecular weight is 173 g/mol. The lowest BCUT2D eigenvalue weighted by Gasteiger charge is -2.20. The summed E-state index contributed by atoms with van der Waals surface area (Å²) in [6.45, 7) is 4.28. The lowest BCUT2D eigenvalue weighted by molar-refractivity contribution is 0.869. The van der Waals surface area contributed by atoms with Crippen LogP contribution >= 0.6 is 15.9 Å². The zero-order valence-electron chi connectivity index (χ0n) is 5.11. The number of hydrogen-bond acceptors (Lipinski definition) is 0. The Kier molecular flexibility index (Phi) is 1.31. The van der Waals surface area contributed by atoms with Crippen LogP contribution in [0.3, 0.4) is 0 Å². The van der Waals surface area contributed by atoms with Gasteiger partial charge in [-0.3, -0.25) is 0 Å². The fraction of sp³-hybridized carbons (Fsp3) is 0.429. The smallest absolute Gasteiger partial charge is 0.0449 e. The molecular formula is C7H9Br. The minimum atomic E-state index is 0.182. The monoisotopic (exact) mass is 172 g/mol. The van der Waals surface area contributed by atoms with Crippen LogP contribution in [-0.4, -0.2) is 4.32 Å². The van der Waals surface area contributed by atoms with Crippen LogP contribution in [0.4, 0.5) is 0 Å². The zero-order chi connectivity index (χ0) is 6.20. The van der Waals surface area contributed by atoms with Gasteiger partial charge in [-0.1, -0.05) is 34.2 Å². The van der Waals surface area contributed by atoms with Crippen molar-refractivity contribution in [2.75, 3.05) is 0 Å². The molecule has 0 fully saturated rings. The first-order valence-electron chi connectivity index (χ1n) is 2.68. The summed E-state index contributed by atoms with van der Waals surface area (Å²) in [5.74, 6) is 0. The van der Waals surface area contributed by atoms with Crippen molar-refractivity contribution in [1.82, 2.24) is 0 Å². The summed E-state index contributed by atoms with van der Waals surface area (Å²) < 4.78 is 0.182. The van der Waals surface area contributed by atoms with Crippen molar-refractivity contribution in [2.45, 2.75) is 18.2 Å². The summed E-state index contributed by atoms with van der Waals surface area (Å²) in [5.41, 5.74) is 1.37. The summed E-state index contributed by atoms with van der Waals surface area (Å²) in [6, 6.07) is 0. The topological polar surface area (TPSA) is 0 Å². The fourth-order valence-corrected chi connectivity index (χ4v) is 0.853. The second-order valence-electron chi connectivity index (χ2n) is 2.45. The van der Waals surface area contributed by atoms with Crippen LogP contribution in [0.2, 0.25) is 0 Å². The second kappa shape index (κ2) is 1.73. The van der Waals surface area contributed by atoms with Crippen LogP contribution in [0.5, 0.6) is 0 Å². The minimum Gasteiger partial charge on any atom is -0.0807 e. The number of allylic oxidation sites excluding steroid dienone is 4. The molecule has 0 aromatic heterocycles. The molecular weight excluding hydrogens is 164 g/mol. The molecule has 8 heavy (non-hydrogen) atoms. The first-order chi connectivity index (χ1) is 3.61. The molecule has 0 spiro atoms. The van der Waals surface area contributed by atoms with E-state index < -0.39 is 0 Å². The van der Waals surface area contributed by atoms with E-state index in [0.29, 0.717) is 0 Å². The molecule has 0 bridgehead atoms. The standard InChI is InChI=1S/C7H9Br/c1-7(2,8)6-4-3-5-6/h3-5H,1-2H3. The molecule has 0 aliphatic heterocycles. The summed E-state index contributed by atoms with van der Waals surface area (Å²) in [4.78, 5) is 0. The van der Waals surface area contributed by atoms with Gasteiger partial charge in [0, 0.05) is 4.32 Å². The van der Waals surface area contributed by atoms with E-state index in [9.17, 15) is 0 Å². The van der Waals surface area contributed by atoms with Gasteiger partial charge >= 0.3 is 0 Å². The van der Waals surface area contributed by atoms with Gasteiger partial charge in [0.1, 0.15) is 0 Å². The van der Waals surface area contributed by atoms with Crippen LogP contribution < -0.4 is 0 Å². The highest BCUT2D eigenvalue weighted by molar-refractivity contribution is 9.10. The maximum absolute atomic E-state index is 3.54. The largest absolute Gasteiger partial charge is 0.0807 e. The Labute approximate surface area is 58.4 Å². The molecule has 1 heteroatoms. The molecule has 0 amide bonds. The van der Waals surface area contributed by atoms with Crippen molar-refractivity contribution >= 4 is 15.9 Å². The third-order valence-electron chi connectivity index (χ3n) is 1.24. The van der Waals surface area contributed by atoms with Crippen molar-refractivity contribution in [3.63, 3.8) is 0 Å². The van der Waals surface area contributed by atoms with Crippen LogP contribution in [0, 0.1) is 0 Å². The lowest BCUT2D eigenvalue weighted by atomic mass is 9.97. The Morgan fingerprint density at radius 1 is 1.50 bits per heavy atom. The Morgan fingerprint density at radius 3 is 2.00 bits per heavy atom. The van der Waals surface area contributed by atoms with Gasteiger partial charge in [-0.05, 0) is 19.4 Å². The molecule has 0 aromatic rings. The van der Waals surface area contributed by atoms with E-state index in [-0.39, 0.29) is 4.32 Å². The number of hydrogen-bond donors (Lipinski definition) is 0. The van der Waals surface area contributed by atoms with Crippen LogP contribution in [0.1, 0.15) is 13.8 Å². The number of alkyl halides is 1. The van der Waals surface area contributed by atoms with Crippen molar-refractivity contribution in [3.8, 4) is 0 Å². The van der Waals surface area contributed by atoms with Crippen molar-refractivity contribution in [1.29, 1.82) is 0 Å². The molecule has 0 saturated heterocycles. The van der Waals surface area contributed by atoms with Gasteiger partial charge in [-0.2, -0.15) is 0 Å². The highest BCUT2D eigenvalue weighted by atomic mass is 79.9. The van der Waals surface area contributed by atoms with E-state index in [1.807, 2.05) is 0 Å². The summed E-state index contributed by atoms with van der Waals surface area (Å²) >= 11 is 3.54. The zero-order valence-corrected chi connectivity index (χ0v) is 6.70. The van der Waals surface area contributed by atoms with Gasteiger partial charge in [-0.25, -0.2) is 0 Å². The first kappa shape index (κ1) is 6.09. The van der Waals surface area contributed by atoms with E-state index in [4.69, 9.17) is 0 Å². The van der Waals surface area contributed by atoms with Crippen LogP contribution in [-0.2, 0) is 0 Å². The first-order valence-corrected chi connectivity index (χ1v) is 3.48. The van der Waals surface area contributed by atoms with Gasteiger partial charge in [0.2, 0.25) is 0 Å². The van der Waals surface area contributed by atoms with Crippen molar-refractivity contribution in [2.24, 2.45) is 0 Å². The molecule has 0 nitrogen and oxygen atoms in total. The molecule has 0 radical (unpaired) electrons. The molecule has 1 rings (SSSR count). The third kappa shape index (κ3) is 1.03. The Morgan fingerprint density at radius 2 is 2.00 bits per heavy atom. The fourth-order valence-electron chi connectivity index (χ4n) is 0.589. The highest BCUT2D eigenvalue weighted by Crippen LogP contribution is 2.30. The van der Waals surface area contributed by atoms with Crippen LogP contribution in [0.15, 0.2) is 23.8 Å². The molecule has 1 aliphatic carbocycles. The normalized spacial score (nSPS) is 17.6. The van der Waals surface area contributed by atoms with Gasteiger partial charge in [-0.15, -0.1) is 0 Å². The van der Waals surface area contributed by atoms with E-state index in [1.165, 1.54) is 5.57 Å². The van der Waals surface area contributed by atoms with Crippen LogP contribution in [0.25, 0.3) is 0 Å². The number of rotatable bonds is 1. The van der Waals surface area contributed by atoms with Gasteiger partial charge < -0.3 is 0 Å².